The van der Waals surface area contributed by atoms with E-state index in [2.05, 4.69) is 26.2 Å². The Hall–Kier alpha value is -1.69. The van der Waals surface area contributed by atoms with Crippen LogP contribution in [0.5, 0.6) is 0 Å². The van der Waals surface area contributed by atoms with Gasteiger partial charge >= 0.3 is 0 Å². The molecule has 0 aliphatic rings. The molecule has 2 aromatic carbocycles. The molecule has 116 valence electrons. The largest absolute Gasteiger partial charge is 0.298 e. The van der Waals surface area contributed by atoms with E-state index in [4.69, 9.17) is 11.6 Å². The molecule has 0 spiro atoms. The van der Waals surface area contributed by atoms with Crippen molar-refractivity contribution in [2.75, 3.05) is 5.32 Å². The van der Waals surface area contributed by atoms with Crippen LogP contribution in [0.3, 0.4) is 0 Å². The average Bonchev–Trinajstić information content (AvgIpc) is 2.97. The first-order chi connectivity index (χ1) is 11.1. The molecule has 1 N–H and O–H groups in total. The van der Waals surface area contributed by atoms with Gasteiger partial charge in [-0.2, -0.15) is 0 Å². The van der Waals surface area contributed by atoms with Crippen molar-refractivity contribution in [1.82, 2.24) is 4.98 Å². The smallest absolute Gasteiger partial charge is 0.257 e. The van der Waals surface area contributed by atoms with Crippen LogP contribution in [0.2, 0.25) is 5.02 Å². The van der Waals surface area contributed by atoms with Crippen LogP contribution < -0.4 is 5.32 Å². The van der Waals surface area contributed by atoms with Gasteiger partial charge in [-0.3, -0.25) is 10.1 Å². The normalized spacial score (nSPS) is 10.5. The number of amides is 1. The van der Waals surface area contributed by atoms with Gasteiger partial charge < -0.3 is 0 Å². The Kier molecular flexibility index (Phi) is 5.10. The molecule has 0 aliphatic carbocycles. The number of benzene rings is 2. The lowest BCUT2D eigenvalue weighted by molar-refractivity contribution is 0.102. The van der Waals surface area contributed by atoms with E-state index in [1.54, 1.807) is 18.3 Å². The highest BCUT2D eigenvalue weighted by Crippen LogP contribution is 2.22. The van der Waals surface area contributed by atoms with Crippen LogP contribution in [-0.4, -0.2) is 10.9 Å². The van der Waals surface area contributed by atoms with Gasteiger partial charge in [0.2, 0.25) is 0 Å². The van der Waals surface area contributed by atoms with Crippen molar-refractivity contribution in [2.45, 2.75) is 6.42 Å². The number of aromatic nitrogens is 1. The molecule has 0 aliphatic heterocycles. The lowest BCUT2D eigenvalue weighted by Gasteiger charge is -2.01. The molecule has 0 atom stereocenters. The molecule has 0 radical (unpaired) electrons. The maximum Gasteiger partial charge on any atom is 0.257 e. The summed E-state index contributed by atoms with van der Waals surface area (Å²) in [6, 6.07) is 14.9. The predicted molar refractivity (Wildman–Crippen MR) is 98.5 cm³/mol. The minimum absolute atomic E-state index is 0.162. The number of anilines is 1. The average molecular weight is 408 g/mol. The van der Waals surface area contributed by atoms with Crippen molar-refractivity contribution in [3.63, 3.8) is 0 Å². The molecule has 23 heavy (non-hydrogen) atoms. The third-order valence-electron chi connectivity index (χ3n) is 3.17. The van der Waals surface area contributed by atoms with Crippen molar-refractivity contribution >= 4 is 49.9 Å². The molecule has 1 aromatic heterocycles. The highest BCUT2D eigenvalue weighted by atomic mass is 79.9. The minimum Gasteiger partial charge on any atom is -0.298 e. The highest BCUT2D eigenvalue weighted by Gasteiger charge is 2.09. The Bertz CT molecular complexity index is 815. The van der Waals surface area contributed by atoms with Crippen LogP contribution >= 0.6 is 38.9 Å². The van der Waals surface area contributed by atoms with Crippen molar-refractivity contribution in [3.8, 4) is 0 Å². The monoisotopic (exact) mass is 406 g/mol. The first-order valence-corrected chi connectivity index (χ1v) is 8.85. The van der Waals surface area contributed by atoms with Crippen LogP contribution in [0.4, 0.5) is 5.13 Å². The van der Waals surface area contributed by atoms with Gasteiger partial charge in [0.05, 0.1) is 0 Å². The van der Waals surface area contributed by atoms with Crippen LogP contribution in [-0.2, 0) is 6.42 Å². The van der Waals surface area contributed by atoms with Gasteiger partial charge in [0.25, 0.3) is 5.91 Å². The molecule has 3 aromatic rings. The Balaban J connectivity index is 1.66. The second-order valence-corrected chi connectivity index (χ2v) is 7.36. The summed E-state index contributed by atoms with van der Waals surface area (Å²) in [5.74, 6) is -0.162. The summed E-state index contributed by atoms with van der Waals surface area (Å²) in [5, 5.41) is 4.15. The van der Waals surface area contributed by atoms with Gasteiger partial charge in [0, 0.05) is 32.6 Å². The Morgan fingerprint density at radius 3 is 2.52 bits per heavy atom. The van der Waals surface area contributed by atoms with Gasteiger partial charge in [-0.05, 0) is 42.0 Å². The highest BCUT2D eigenvalue weighted by molar-refractivity contribution is 9.10. The van der Waals surface area contributed by atoms with E-state index in [9.17, 15) is 4.79 Å². The van der Waals surface area contributed by atoms with Crippen LogP contribution in [0.1, 0.15) is 20.8 Å². The minimum atomic E-state index is -0.162. The molecule has 0 saturated carbocycles. The van der Waals surface area contributed by atoms with Gasteiger partial charge in [-0.15, -0.1) is 11.3 Å². The zero-order valence-corrected chi connectivity index (χ0v) is 15.1. The molecule has 0 saturated heterocycles. The molecule has 1 amide bonds. The van der Waals surface area contributed by atoms with E-state index in [0.717, 1.165) is 26.4 Å². The maximum absolute atomic E-state index is 12.2. The van der Waals surface area contributed by atoms with Gasteiger partial charge in [0.15, 0.2) is 5.13 Å². The standard InChI is InChI=1S/C17H12BrClN2OS/c18-13-5-3-12(4-6-13)16(22)21-17-20-10-15(23-17)9-11-1-7-14(19)8-2-11/h1-8,10H,9H2,(H,20,21,22). The summed E-state index contributed by atoms with van der Waals surface area (Å²) < 4.78 is 0.938. The summed E-state index contributed by atoms with van der Waals surface area (Å²) in [7, 11) is 0. The molecule has 0 bridgehead atoms. The fraction of sp³-hybridized carbons (Fsp3) is 0.0588. The number of carbonyl (C=O) groups excluding carboxylic acids is 1. The van der Waals surface area contributed by atoms with E-state index < -0.39 is 0 Å². The third kappa shape index (κ3) is 4.41. The SMILES string of the molecule is O=C(Nc1ncc(Cc2ccc(Cl)cc2)s1)c1ccc(Br)cc1. The van der Waals surface area contributed by atoms with E-state index in [-0.39, 0.29) is 5.91 Å². The first-order valence-electron chi connectivity index (χ1n) is 6.86. The van der Waals surface area contributed by atoms with Crippen molar-refractivity contribution in [1.29, 1.82) is 0 Å². The lowest BCUT2D eigenvalue weighted by atomic mass is 10.1. The number of thiazole rings is 1. The molecule has 3 nitrogen and oxygen atoms in total. The second-order valence-electron chi connectivity index (χ2n) is 4.90. The van der Waals surface area contributed by atoms with Gasteiger partial charge in [-0.1, -0.05) is 39.7 Å². The van der Waals surface area contributed by atoms with Gasteiger partial charge in [0.1, 0.15) is 0 Å². The Morgan fingerprint density at radius 2 is 1.83 bits per heavy atom. The van der Waals surface area contributed by atoms with Crippen molar-refractivity contribution in [3.05, 3.63) is 80.2 Å². The third-order valence-corrected chi connectivity index (χ3v) is 4.87. The number of nitrogens with zero attached hydrogens (tertiary/aromatic N) is 1. The quantitative estimate of drug-likeness (QED) is 0.629. The van der Waals surface area contributed by atoms with Crippen LogP contribution in [0.25, 0.3) is 0 Å². The second kappa shape index (κ2) is 7.25. The fourth-order valence-corrected chi connectivity index (χ4v) is 3.25. The summed E-state index contributed by atoms with van der Waals surface area (Å²) in [6.07, 6.45) is 2.56. The lowest BCUT2D eigenvalue weighted by Crippen LogP contribution is -2.11. The Labute approximate surface area is 151 Å². The number of hydrogen-bond donors (Lipinski definition) is 1. The van der Waals surface area contributed by atoms with Crippen LogP contribution in [0, 0.1) is 0 Å². The van der Waals surface area contributed by atoms with Gasteiger partial charge in [-0.25, -0.2) is 4.98 Å². The first kappa shape index (κ1) is 16.2. The molecule has 3 rings (SSSR count). The number of nitrogens with one attached hydrogen (secondary N) is 1. The molecule has 6 heteroatoms. The van der Waals surface area contributed by atoms with Crippen molar-refractivity contribution in [2.24, 2.45) is 0 Å². The van der Waals surface area contributed by atoms with E-state index >= 15 is 0 Å². The van der Waals surface area contributed by atoms with E-state index in [0.29, 0.717) is 10.7 Å². The zero-order chi connectivity index (χ0) is 16.2. The number of rotatable bonds is 4. The van der Waals surface area contributed by atoms with Crippen molar-refractivity contribution < 1.29 is 4.79 Å². The maximum atomic E-state index is 12.2. The summed E-state index contributed by atoms with van der Waals surface area (Å²) in [4.78, 5) is 17.5. The van der Waals surface area contributed by atoms with Crippen LogP contribution in [0.15, 0.2) is 59.2 Å². The fourth-order valence-electron chi connectivity index (χ4n) is 2.02. The number of carbonyl (C=O) groups is 1. The molecule has 1 heterocycles. The predicted octanol–water partition coefficient (Wildman–Crippen LogP) is 5.40. The number of hydrogen-bond acceptors (Lipinski definition) is 3. The summed E-state index contributed by atoms with van der Waals surface area (Å²) >= 11 is 10.7. The Morgan fingerprint density at radius 1 is 1.13 bits per heavy atom. The zero-order valence-electron chi connectivity index (χ0n) is 11.9. The number of halogens is 2. The summed E-state index contributed by atoms with van der Waals surface area (Å²) in [5.41, 5.74) is 1.76. The van der Waals surface area contributed by atoms with E-state index in [1.165, 1.54) is 11.3 Å². The molecular weight excluding hydrogens is 396 g/mol. The molecule has 0 fully saturated rings. The molecule has 0 unspecified atom stereocenters. The summed E-state index contributed by atoms with van der Waals surface area (Å²) in [6.45, 7) is 0. The van der Waals surface area contributed by atoms with E-state index in [1.807, 2.05) is 36.4 Å². The topological polar surface area (TPSA) is 42.0 Å². The molecular formula is C17H12BrClN2OS.